The summed E-state index contributed by atoms with van der Waals surface area (Å²) in [6.45, 7) is 0.921. The summed E-state index contributed by atoms with van der Waals surface area (Å²) >= 11 is 0. The lowest BCUT2D eigenvalue weighted by molar-refractivity contribution is -0.107. The molecule has 0 radical (unpaired) electrons. The van der Waals surface area contributed by atoms with Crippen LogP contribution in [-0.4, -0.2) is 25.1 Å². The molecule has 3 heteroatoms. The molecule has 0 amide bonds. The molecule has 1 aliphatic heterocycles. The van der Waals surface area contributed by atoms with E-state index in [0.29, 0.717) is 0 Å². The third-order valence-electron chi connectivity index (χ3n) is 1.86. The van der Waals surface area contributed by atoms with Crippen LogP contribution in [0.25, 0.3) is 0 Å². The molecule has 1 aliphatic rings. The summed E-state index contributed by atoms with van der Waals surface area (Å²) < 4.78 is 0. The van der Waals surface area contributed by atoms with E-state index in [1.165, 1.54) is 0 Å². The number of aldehydes is 1. The Morgan fingerprint density at radius 1 is 1.50 bits per heavy atom. The summed E-state index contributed by atoms with van der Waals surface area (Å²) in [5.74, 6) is 0. The van der Waals surface area contributed by atoms with Gasteiger partial charge in [-0.2, -0.15) is 0 Å². The van der Waals surface area contributed by atoms with Gasteiger partial charge in [-0.05, 0) is 30.8 Å². The summed E-state index contributed by atoms with van der Waals surface area (Å²) in [6.07, 6.45) is 6.09. The van der Waals surface area contributed by atoms with Crippen LogP contribution in [0, 0.1) is 0 Å². The highest BCUT2D eigenvalue weighted by Gasteiger charge is 2.13. The highest BCUT2D eigenvalue weighted by Crippen LogP contribution is 2.38. The molecule has 0 aromatic carbocycles. The average Bonchev–Trinajstić information content (AvgIpc) is 2.59. The van der Waals surface area contributed by atoms with Gasteiger partial charge in [-0.1, -0.05) is 12.2 Å². The second kappa shape index (κ2) is 5.17. The predicted molar refractivity (Wildman–Crippen MR) is 55.7 cm³/mol. The van der Waals surface area contributed by atoms with Crippen LogP contribution in [0.5, 0.6) is 0 Å². The second-order valence-electron chi connectivity index (χ2n) is 2.73. The van der Waals surface area contributed by atoms with E-state index in [9.17, 15) is 4.79 Å². The molecule has 2 nitrogen and oxygen atoms in total. The van der Waals surface area contributed by atoms with Crippen molar-refractivity contribution in [2.24, 2.45) is 0 Å². The van der Waals surface area contributed by atoms with Crippen molar-refractivity contribution in [2.45, 2.75) is 11.7 Å². The molecule has 0 bridgehead atoms. The van der Waals surface area contributed by atoms with E-state index < -0.39 is 0 Å². The van der Waals surface area contributed by atoms with Crippen LogP contribution in [0.1, 0.15) is 6.42 Å². The fraction of sp³-hybridized carbons (Fsp3) is 0.444. The number of thiol groups is 1. The minimum Gasteiger partial charge on any atom is -0.320 e. The van der Waals surface area contributed by atoms with Crippen LogP contribution >= 0.6 is 10.9 Å². The van der Waals surface area contributed by atoms with Crippen molar-refractivity contribution in [3.8, 4) is 0 Å². The Balaban J connectivity index is 2.39. The van der Waals surface area contributed by atoms with Gasteiger partial charge in [0.2, 0.25) is 0 Å². The third kappa shape index (κ3) is 2.50. The minimum absolute atomic E-state index is 0.211. The van der Waals surface area contributed by atoms with Crippen LogP contribution in [-0.2, 0) is 4.79 Å². The standard InChI is InChI=1S/C9H15NOS/c1-10-5-4-9(8-11)12-6-2-3-7-12/h2-3,6-10,12H,4-5H2,1H3. The van der Waals surface area contributed by atoms with Gasteiger partial charge in [-0.25, -0.2) is 10.9 Å². The molecule has 0 fully saturated rings. The highest BCUT2D eigenvalue weighted by atomic mass is 32.2. The molecule has 68 valence electrons. The van der Waals surface area contributed by atoms with Gasteiger partial charge in [-0.3, -0.25) is 0 Å². The zero-order valence-electron chi connectivity index (χ0n) is 7.23. The Kier molecular flexibility index (Phi) is 4.11. The quantitative estimate of drug-likeness (QED) is 0.498. The highest BCUT2D eigenvalue weighted by molar-refractivity contribution is 8.23. The first-order chi connectivity index (χ1) is 5.88. The molecule has 0 saturated carbocycles. The monoisotopic (exact) mass is 185 g/mol. The Labute approximate surface area is 76.1 Å². The van der Waals surface area contributed by atoms with E-state index in [1.54, 1.807) is 0 Å². The average molecular weight is 185 g/mol. The van der Waals surface area contributed by atoms with E-state index in [1.807, 2.05) is 19.2 Å². The van der Waals surface area contributed by atoms with Gasteiger partial charge < -0.3 is 10.1 Å². The van der Waals surface area contributed by atoms with Crippen molar-refractivity contribution in [3.05, 3.63) is 23.0 Å². The first-order valence-corrected chi connectivity index (χ1v) is 5.65. The molecular formula is C9H15NOS. The number of rotatable bonds is 5. The van der Waals surface area contributed by atoms with E-state index in [-0.39, 0.29) is 16.1 Å². The van der Waals surface area contributed by atoms with Gasteiger partial charge in [0, 0.05) is 0 Å². The predicted octanol–water partition coefficient (Wildman–Crippen LogP) is 1.21. The molecule has 0 aromatic heterocycles. The lowest BCUT2D eigenvalue weighted by atomic mass is 10.3. The van der Waals surface area contributed by atoms with E-state index in [4.69, 9.17) is 0 Å². The number of carbonyl (C=O) groups is 1. The lowest BCUT2D eigenvalue weighted by Gasteiger charge is -2.17. The fourth-order valence-corrected chi connectivity index (χ4v) is 2.85. The van der Waals surface area contributed by atoms with Crippen LogP contribution in [0.4, 0.5) is 0 Å². The van der Waals surface area contributed by atoms with Gasteiger partial charge in [-0.15, -0.1) is 0 Å². The number of nitrogens with one attached hydrogen (secondary N) is 1. The van der Waals surface area contributed by atoms with E-state index >= 15 is 0 Å². The molecule has 1 unspecified atom stereocenters. The number of carbonyl (C=O) groups excluding carboxylic acids is 1. The molecule has 1 heterocycles. The van der Waals surface area contributed by atoms with E-state index in [2.05, 4.69) is 16.1 Å². The zero-order valence-corrected chi connectivity index (χ0v) is 8.13. The van der Waals surface area contributed by atoms with Crippen molar-refractivity contribution in [1.29, 1.82) is 0 Å². The molecule has 0 aromatic rings. The summed E-state index contributed by atoms with van der Waals surface area (Å²) in [5.41, 5.74) is 0. The van der Waals surface area contributed by atoms with Crippen molar-refractivity contribution in [2.75, 3.05) is 13.6 Å². The van der Waals surface area contributed by atoms with Crippen molar-refractivity contribution in [3.63, 3.8) is 0 Å². The summed E-state index contributed by atoms with van der Waals surface area (Å²) in [7, 11) is 1.62. The number of allylic oxidation sites excluding steroid dienone is 2. The van der Waals surface area contributed by atoms with Crippen LogP contribution in [0.3, 0.4) is 0 Å². The van der Waals surface area contributed by atoms with Crippen molar-refractivity contribution >= 4 is 17.2 Å². The zero-order chi connectivity index (χ0) is 8.81. The first kappa shape index (κ1) is 9.55. The molecule has 1 atom stereocenters. The topological polar surface area (TPSA) is 29.1 Å². The Morgan fingerprint density at radius 2 is 2.17 bits per heavy atom. The van der Waals surface area contributed by atoms with Gasteiger partial charge >= 0.3 is 0 Å². The van der Waals surface area contributed by atoms with Crippen LogP contribution in [0.15, 0.2) is 23.0 Å². The van der Waals surface area contributed by atoms with Crippen LogP contribution < -0.4 is 5.32 Å². The SMILES string of the molecule is CNCCC(C=O)[SH]1C=CC=C1. The minimum atomic E-state index is -0.289. The fourth-order valence-electron chi connectivity index (χ4n) is 1.15. The van der Waals surface area contributed by atoms with Gasteiger partial charge in [0.25, 0.3) is 0 Å². The number of hydrogen-bond acceptors (Lipinski definition) is 2. The maximum atomic E-state index is 10.7. The Hall–Kier alpha value is -0.540. The van der Waals surface area contributed by atoms with Gasteiger partial charge in [0.15, 0.2) is 0 Å². The normalized spacial score (nSPS) is 19.9. The first-order valence-electron chi connectivity index (χ1n) is 4.11. The maximum absolute atomic E-state index is 10.7. The van der Waals surface area contributed by atoms with Crippen molar-refractivity contribution < 1.29 is 4.79 Å². The van der Waals surface area contributed by atoms with E-state index in [0.717, 1.165) is 19.3 Å². The molecule has 0 spiro atoms. The molecule has 1 N–H and O–H groups in total. The number of hydrogen-bond donors (Lipinski definition) is 2. The summed E-state index contributed by atoms with van der Waals surface area (Å²) in [4.78, 5) is 10.7. The summed E-state index contributed by atoms with van der Waals surface area (Å²) in [5, 5.41) is 7.56. The smallest absolute Gasteiger partial charge is 0.131 e. The molecule has 12 heavy (non-hydrogen) atoms. The Bertz CT molecular complexity index is 189. The lowest BCUT2D eigenvalue weighted by Crippen LogP contribution is -2.17. The molecule has 0 aliphatic carbocycles. The van der Waals surface area contributed by atoms with Crippen LogP contribution in [0.2, 0.25) is 0 Å². The third-order valence-corrected chi connectivity index (χ3v) is 4.04. The van der Waals surface area contributed by atoms with Crippen molar-refractivity contribution in [1.82, 2.24) is 5.32 Å². The summed E-state index contributed by atoms with van der Waals surface area (Å²) in [6, 6.07) is 0. The second-order valence-corrected chi connectivity index (χ2v) is 4.88. The molecule has 1 rings (SSSR count). The van der Waals surface area contributed by atoms with Gasteiger partial charge in [0.1, 0.15) is 6.29 Å². The molecular weight excluding hydrogens is 170 g/mol. The Morgan fingerprint density at radius 3 is 2.67 bits per heavy atom. The van der Waals surface area contributed by atoms with Gasteiger partial charge in [0.05, 0.1) is 5.25 Å². The molecule has 0 saturated heterocycles. The largest absolute Gasteiger partial charge is 0.320 e. The maximum Gasteiger partial charge on any atom is 0.131 e.